The second-order valence-electron chi connectivity index (χ2n) is 3.01. The maximum atomic E-state index is 7.00. The van der Waals surface area contributed by atoms with Gasteiger partial charge in [0.05, 0.1) is 38.6 Å². The molecule has 0 aromatic carbocycles. The number of aliphatic hydroxyl groups excluding tert-OH is 1. The van der Waals surface area contributed by atoms with Crippen molar-refractivity contribution in [2.45, 2.75) is 32.5 Å². The molecule has 106 valence electrons. The van der Waals surface area contributed by atoms with Crippen molar-refractivity contribution < 1.29 is 24.2 Å². The summed E-state index contributed by atoms with van der Waals surface area (Å²) in [5.41, 5.74) is 0. The van der Waals surface area contributed by atoms with Gasteiger partial charge in [0.2, 0.25) is 0 Å². The molecular formula is C11H27NO5. The SMILES string of the molecule is CC.CO.COCCOC1COC(CON)C1. The summed E-state index contributed by atoms with van der Waals surface area (Å²) in [6.07, 6.45) is 1.09. The van der Waals surface area contributed by atoms with Gasteiger partial charge < -0.3 is 24.2 Å². The van der Waals surface area contributed by atoms with Gasteiger partial charge in [-0.05, 0) is 0 Å². The fraction of sp³-hybridized carbons (Fsp3) is 1.00. The lowest BCUT2D eigenvalue weighted by molar-refractivity contribution is 0.000285. The zero-order chi connectivity index (χ0) is 13.5. The van der Waals surface area contributed by atoms with Crippen LogP contribution in [0.5, 0.6) is 0 Å². The quantitative estimate of drug-likeness (QED) is 0.524. The summed E-state index contributed by atoms with van der Waals surface area (Å²) < 4.78 is 15.7. The van der Waals surface area contributed by atoms with E-state index in [1.807, 2.05) is 13.8 Å². The van der Waals surface area contributed by atoms with Crippen molar-refractivity contribution in [2.24, 2.45) is 5.90 Å². The molecule has 1 aliphatic heterocycles. The van der Waals surface area contributed by atoms with Crippen LogP contribution in [-0.2, 0) is 19.0 Å². The first-order valence-corrected chi connectivity index (χ1v) is 5.85. The predicted octanol–water partition coefficient (Wildman–Crippen LogP) is 0.332. The summed E-state index contributed by atoms with van der Waals surface area (Å²) in [6.45, 7) is 6.29. The van der Waals surface area contributed by atoms with Crippen LogP contribution in [0.4, 0.5) is 0 Å². The van der Waals surface area contributed by atoms with E-state index in [1.54, 1.807) is 7.11 Å². The standard InChI is InChI=1S/C8H17NO4.C2H6.CH4O/c1-10-2-3-11-7-4-8(6-13-9)12-5-7;2*1-2/h7-8H,2-6,9H2,1H3;1-2H3;2H,1H3. The zero-order valence-corrected chi connectivity index (χ0v) is 11.3. The van der Waals surface area contributed by atoms with Crippen molar-refractivity contribution >= 4 is 0 Å². The first-order valence-electron chi connectivity index (χ1n) is 5.85. The van der Waals surface area contributed by atoms with E-state index in [1.165, 1.54) is 0 Å². The fourth-order valence-corrected chi connectivity index (χ4v) is 1.31. The molecule has 1 saturated heterocycles. The number of ether oxygens (including phenoxy) is 3. The Balaban J connectivity index is 0. The minimum Gasteiger partial charge on any atom is -0.400 e. The third-order valence-electron chi connectivity index (χ3n) is 1.97. The number of rotatable bonds is 6. The van der Waals surface area contributed by atoms with Crippen LogP contribution >= 0.6 is 0 Å². The Kier molecular flexibility index (Phi) is 17.7. The first kappa shape index (κ1) is 19.1. The Morgan fingerprint density at radius 3 is 2.47 bits per heavy atom. The topological polar surface area (TPSA) is 83.2 Å². The Morgan fingerprint density at radius 2 is 1.94 bits per heavy atom. The van der Waals surface area contributed by atoms with E-state index in [4.69, 9.17) is 25.2 Å². The van der Waals surface area contributed by atoms with Gasteiger partial charge in [-0.3, -0.25) is 0 Å². The summed E-state index contributed by atoms with van der Waals surface area (Å²) >= 11 is 0. The van der Waals surface area contributed by atoms with Gasteiger partial charge in [0, 0.05) is 20.6 Å². The molecule has 1 heterocycles. The van der Waals surface area contributed by atoms with Crippen LogP contribution in [0.1, 0.15) is 20.3 Å². The van der Waals surface area contributed by atoms with Crippen LogP contribution in [0.25, 0.3) is 0 Å². The van der Waals surface area contributed by atoms with Crippen molar-refractivity contribution in [3.05, 3.63) is 0 Å². The van der Waals surface area contributed by atoms with Crippen LogP contribution in [0, 0.1) is 0 Å². The van der Waals surface area contributed by atoms with Gasteiger partial charge in [-0.2, -0.15) is 0 Å². The molecule has 2 unspecified atom stereocenters. The van der Waals surface area contributed by atoms with Crippen molar-refractivity contribution in [3.8, 4) is 0 Å². The molecule has 0 saturated carbocycles. The molecule has 0 amide bonds. The highest BCUT2D eigenvalue weighted by atomic mass is 16.6. The molecule has 3 N–H and O–H groups in total. The molecule has 1 aliphatic rings. The molecular weight excluding hydrogens is 226 g/mol. The average molecular weight is 253 g/mol. The summed E-state index contributed by atoms with van der Waals surface area (Å²) in [5, 5.41) is 7.00. The number of hydrogen-bond donors (Lipinski definition) is 2. The van der Waals surface area contributed by atoms with Gasteiger partial charge >= 0.3 is 0 Å². The highest BCUT2D eigenvalue weighted by molar-refractivity contribution is 4.73. The van der Waals surface area contributed by atoms with E-state index in [0.29, 0.717) is 26.4 Å². The van der Waals surface area contributed by atoms with Crippen molar-refractivity contribution in [1.29, 1.82) is 0 Å². The monoisotopic (exact) mass is 253 g/mol. The predicted molar refractivity (Wildman–Crippen MR) is 65.6 cm³/mol. The Labute approximate surface area is 104 Å². The molecule has 17 heavy (non-hydrogen) atoms. The van der Waals surface area contributed by atoms with Crippen molar-refractivity contribution in [3.63, 3.8) is 0 Å². The van der Waals surface area contributed by atoms with Gasteiger partial charge in [0.15, 0.2) is 0 Å². The molecule has 6 nitrogen and oxygen atoms in total. The largest absolute Gasteiger partial charge is 0.400 e. The minimum atomic E-state index is 0.0811. The Bertz CT molecular complexity index is 137. The second kappa shape index (κ2) is 15.8. The maximum Gasteiger partial charge on any atom is 0.0942 e. The van der Waals surface area contributed by atoms with Crippen LogP contribution in [-0.4, -0.2) is 58.0 Å². The maximum absolute atomic E-state index is 7.00. The third kappa shape index (κ3) is 10.6. The highest BCUT2D eigenvalue weighted by Gasteiger charge is 2.25. The third-order valence-corrected chi connectivity index (χ3v) is 1.97. The van der Waals surface area contributed by atoms with E-state index in [9.17, 15) is 0 Å². The molecule has 2 atom stereocenters. The minimum absolute atomic E-state index is 0.0811. The summed E-state index contributed by atoms with van der Waals surface area (Å²) in [6, 6.07) is 0. The van der Waals surface area contributed by atoms with E-state index in [0.717, 1.165) is 13.5 Å². The van der Waals surface area contributed by atoms with E-state index < -0.39 is 0 Å². The lowest BCUT2D eigenvalue weighted by Crippen LogP contribution is -2.19. The average Bonchev–Trinajstić information content (AvgIpc) is 2.83. The molecule has 0 bridgehead atoms. The van der Waals surface area contributed by atoms with E-state index in [-0.39, 0.29) is 12.2 Å². The molecule has 0 spiro atoms. The fourth-order valence-electron chi connectivity index (χ4n) is 1.31. The molecule has 1 rings (SSSR count). The summed E-state index contributed by atoms with van der Waals surface area (Å²) in [4.78, 5) is 4.49. The molecule has 0 aromatic heterocycles. The molecule has 6 heteroatoms. The number of hydrogen-bond acceptors (Lipinski definition) is 6. The van der Waals surface area contributed by atoms with Gasteiger partial charge in [0.1, 0.15) is 0 Å². The molecule has 0 aromatic rings. The van der Waals surface area contributed by atoms with Gasteiger partial charge in [0.25, 0.3) is 0 Å². The smallest absolute Gasteiger partial charge is 0.0942 e. The van der Waals surface area contributed by atoms with E-state index in [2.05, 4.69) is 4.84 Å². The van der Waals surface area contributed by atoms with Crippen LogP contribution in [0.2, 0.25) is 0 Å². The molecule has 1 fully saturated rings. The zero-order valence-electron chi connectivity index (χ0n) is 11.3. The normalized spacial score (nSPS) is 22.2. The molecule has 0 radical (unpaired) electrons. The lowest BCUT2D eigenvalue weighted by atomic mass is 10.2. The highest BCUT2D eigenvalue weighted by Crippen LogP contribution is 2.15. The lowest BCUT2D eigenvalue weighted by Gasteiger charge is -2.09. The first-order chi connectivity index (χ1) is 8.36. The number of aliphatic hydroxyl groups is 1. The Morgan fingerprint density at radius 1 is 1.29 bits per heavy atom. The van der Waals surface area contributed by atoms with Crippen molar-refractivity contribution in [2.75, 3.05) is 40.6 Å². The van der Waals surface area contributed by atoms with Gasteiger partial charge in [-0.25, -0.2) is 5.90 Å². The van der Waals surface area contributed by atoms with Crippen molar-refractivity contribution in [1.82, 2.24) is 0 Å². The van der Waals surface area contributed by atoms with Crippen LogP contribution in [0.15, 0.2) is 0 Å². The molecule has 0 aliphatic carbocycles. The second-order valence-corrected chi connectivity index (χ2v) is 3.01. The Hall–Kier alpha value is -0.240. The number of methoxy groups -OCH3 is 1. The summed E-state index contributed by atoms with van der Waals surface area (Å²) in [5.74, 6) is 4.93. The van der Waals surface area contributed by atoms with Gasteiger partial charge in [-0.15, -0.1) is 0 Å². The summed E-state index contributed by atoms with van der Waals surface area (Å²) in [7, 11) is 2.65. The van der Waals surface area contributed by atoms with E-state index >= 15 is 0 Å². The number of nitrogens with two attached hydrogens (primary N) is 1. The van der Waals surface area contributed by atoms with Gasteiger partial charge in [-0.1, -0.05) is 13.8 Å². The van der Waals surface area contributed by atoms with Crippen LogP contribution in [0.3, 0.4) is 0 Å². The van der Waals surface area contributed by atoms with Crippen LogP contribution < -0.4 is 5.90 Å².